The molecular formula is C26H24N2O5S. The molecule has 174 valence electrons. The highest BCUT2D eigenvalue weighted by Crippen LogP contribution is 2.30. The zero-order valence-electron chi connectivity index (χ0n) is 19.3. The van der Waals surface area contributed by atoms with Crippen molar-refractivity contribution in [2.45, 2.75) is 33.7 Å². The SMILES string of the molecule is CCOC(=O)C1=C(C)N=c2s/c(=C\c3cccc(OC(C)=O)c3)c(=O)n2[C@H]1c1ccc(C)cc1. The number of aryl methyl sites for hydroxylation is 1. The molecule has 2 aromatic carbocycles. The van der Waals surface area contributed by atoms with Crippen LogP contribution in [0.1, 0.15) is 43.5 Å². The Balaban J connectivity index is 1.90. The number of benzene rings is 2. The Bertz CT molecular complexity index is 1480. The van der Waals surface area contributed by atoms with Crippen LogP contribution in [0, 0.1) is 6.92 Å². The van der Waals surface area contributed by atoms with Crippen LogP contribution in [0.3, 0.4) is 0 Å². The fraction of sp³-hybridized carbons (Fsp3) is 0.231. The van der Waals surface area contributed by atoms with Gasteiger partial charge in [0.2, 0.25) is 0 Å². The molecular weight excluding hydrogens is 452 g/mol. The Morgan fingerprint density at radius 1 is 1.15 bits per heavy atom. The number of rotatable bonds is 5. The Kier molecular flexibility index (Phi) is 6.61. The molecule has 3 aromatic rings. The van der Waals surface area contributed by atoms with Crippen molar-refractivity contribution in [1.82, 2.24) is 4.57 Å². The summed E-state index contributed by atoms with van der Waals surface area (Å²) in [5.41, 5.74) is 3.18. The van der Waals surface area contributed by atoms with Gasteiger partial charge in [-0.15, -0.1) is 0 Å². The highest BCUT2D eigenvalue weighted by Gasteiger charge is 2.33. The standard InChI is InChI=1S/C26H24N2O5S/c1-5-32-25(31)22-16(3)27-26-28(23(22)19-11-9-15(2)10-12-19)24(30)21(34-26)14-18-7-6-8-20(13-18)33-17(4)29/h6-14,23H,5H2,1-4H3/b21-14-/t23-/m0/s1. The first-order valence-corrected chi connectivity index (χ1v) is 11.6. The molecule has 0 amide bonds. The average molecular weight is 477 g/mol. The summed E-state index contributed by atoms with van der Waals surface area (Å²) in [6.07, 6.45) is 1.73. The smallest absolute Gasteiger partial charge is 0.338 e. The van der Waals surface area contributed by atoms with Crippen molar-refractivity contribution >= 4 is 29.4 Å². The van der Waals surface area contributed by atoms with Crippen LogP contribution in [-0.4, -0.2) is 23.1 Å². The lowest BCUT2D eigenvalue weighted by atomic mass is 9.95. The van der Waals surface area contributed by atoms with Gasteiger partial charge in [-0.3, -0.25) is 14.2 Å². The van der Waals surface area contributed by atoms with E-state index in [1.54, 1.807) is 42.7 Å². The van der Waals surface area contributed by atoms with Crippen LogP contribution in [0.4, 0.5) is 0 Å². The zero-order chi connectivity index (χ0) is 24.4. The van der Waals surface area contributed by atoms with Crippen molar-refractivity contribution in [3.05, 3.63) is 96.2 Å². The van der Waals surface area contributed by atoms with E-state index in [2.05, 4.69) is 4.99 Å². The molecule has 2 heterocycles. The van der Waals surface area contributed by atoms with Crippen molar-refractivity contribution in [3.63, 3.8) is 0 Å². The number of hydrogen-bond donors (Lipinski definition) is 0. The Morgan fingerprint density at radius 2 is 1.88 bits per heavy atom. The van der Waals surface area contributed by atoms with Crippen LogP contribution in [0.25, 0.3) is 6.08 Å². The first kappa shape index (κ1) is 23.4. The van der Waals surface area contributed by atoms with E-state index in [9.17, 15) is 14.4 Å². The van der Waals surface area contributed by atoms with Gasteiger partial charge >= 0.3 is 11.9 Å². The van der Waals surface area contributed by atoms with Gasteiger partial charge in [0.1, 0.15) is 5.75 Å². The van der Waals surface area contributed by atoms with E-state index in [1.807, 2.05) is 37.3 Å². The molecule has 0 fully saturated rings. The van der Waals surface area contributed by atoms with E-state index < -0.39 is 18.0 Å². The highest BCUT2D eigenvalue weighted by atomic mass is 32.1. The molecule has 1 atom stereocenters. The fourth-order valence-corrected chi connectivity index (χ4v) is 4.89. The van der Waals surface area contributed by atoms with Crippen LogP contribution in [0.2, 0.25) is 0 Å². The van der Waals surface area contributed by atoms with Crippen molar-refractivity contribution in [3.8, 4) is 5.75 Å². The molecule has 8 heteroatoms. The topological polar surface area (TPSA) is 87.0 Å². The summed E-state index contributed by atoms with van der Waals surface area (Å²) in [6, 6.07) is 14.0. The van der Waals surface area contributed by atoms with Crippen molar-refractivity contribution in [2.75, 3.05) is 6.61 Å². The Hall–Kier alpha value is -3.78. The van der Waals surface area contributed by atoms with Crippen molar-refractivity contribution in [2.24, 2.45) is 4.99 Å². The number of fused-ring (bicyclic) bond motifs is 1. The number of carbonyl (C=O) groups is 2. The van der Waals surface area contributed by atoms with E-state index >= 15 is 0 Å². The van der Waals surface area contributed by atoms with Gasteiger partial charge in [0.25, 0.3) is 5.56 Å². The lowest BCUT2D eigenvalue weighted by molar-refractivity contribution is -0.139. The number of allylic oxidation sites excluding steroid dienone is 1. The molecule has 0 saturated heterocycles. The van der Waals surface area contributed by atoms with Gasteiger partial charge in [0.15, 0.2) is 4.80 Å². The number of hydrogen-bond acceptors (Lipinski definition) is 7. The summed E-state index contributed by atoms with van der Waals surface area (Å²) in [4.78, 5) is 42.9. The van der Waals surface area contributed by atoms with Crippen LogP contribution in [0.5, 0.6) is 5.75 Å². The van der Waals surface area contributed by atoms with Gasteiger partial charge in [-0.1, -0.05) is 53.3 Å². The maximum absolute atomic E-state index is 13.6. The lowest BCUT2D eigenvalue weighted by Crippen LogP contribution is -2.39. The number of aromatic nitrogens is 1. The minimum atomic E-state index is -0.648. The van der Waals surface area contributed by atoms with Gasteiger partial charge in [0.05, 0.1) is 28.5 Å². The van der Waals surface area contributed by atoms with Gasteiger partial charge in [-0.2, -0.15) is 0 Å². The molecule has 0 aliphatic carbocycles. The molecule has 0 saturated carbocycles. The summed E-state index contributed by atoms with van der Waals surface area (Å²) in [7, 11) is 0. The first-order valence-electron chi connectivity index (χ1n) is 10.8. The predicted molar refractivity (Wildman–Crippen MR) is 129 cm³/mol. The largest absolute Gasteiger partial charge is 0.463 e. The maximum Gasteiger partial charge on any atom is 0.338 e. The monoisotopic (exact) mass is 476 g/mol. The second-order valence-electron chi connectivity index (χ2n) is 7.88. The Morgan fingerprint density at radius 3 is 2.56 bits per heavy atom. The van der Waals surface area contributed by atoms with E-state index in [4.69, 9.17) is 9.47 Å². The average Bonchev–Trinajstić information content (AvgIpc) is 3.08. The minimum Gasteiger partial charge on any atom is -0.463 e. The maximum atomic E-state index is 13.6. The van der Waals surface area contributed by atoms with Gasteiger partial charge in [0, 0.05) is 6.92 Å². The molecule has 0 N–H and O–H groups in total. The third-order valence-electron chi connectivity index (χ3n) is 5.33. The van der Waals surface area contributed by atoms with E-state index in [0.717, 1.165) is 11.1 Å². The lowest BCUT2D eigenvalue weighted by Gasteiger charge is -2.24. The molecule has 0 radical (unpaired) electrons. The number of carbonyl (C=O) groups excluding carboxylic acids is 2. The summed E-state index contributed by atoms with van der Waals surface area (Å²) in [5, 5.41) is 0. The van der Waals surface area contributed by atoms with Crippen molar-refractivity contribution in [1.29, 1.82) is 0 Å². The summed E-state index contributed by atoms with van der Waals surface area (Å²) in [6.45, 7) is 7.03. The summed E-state index contributed by atoms with van der Waals surface area (Å²) >= 11 is 1.24. The first-order chi connectivity index (χ1) is 16.3. The highest BCUT2D eigenvalue weighted by molar-refractivity contribution is 7.07. The number of esters is 2. The third-order valence-corrected chi connectivity index (χ3v) is 6.31. The van der Waals surface area contributed by atoms with E-state index in [0.29, 0.717) is 31.9 Å². The zero-order valence-corrected chi connectivity index (χ0v) is 20.1. The molecule has 1 aliphatic rings. The minimum absolute atomic E-state index is 0.222. The number of thiazole rings is 1. The second-order valence-corrected chi connectivity index (χ2v) is 8.89. The van der Waals surface area contributed by atoms with Crippen LogP contribution in [-0.2, 0) is 14.3 Å². The van der Waals surface area contributed by atoms with Crippen molar-refractivity contribution < 1.29 is 19.1 Å². The van der Waals surface area contributed by atoms with E-state index in [1.165, 1.54) is 18.3 Å². The molecule has 0 bridgehead atoms. The van der Waals surface area contributed by atoms with Gasteiger partial charge in [-0.25, -0.2) is 9.79 Å². The molecule has 0 spiro atoms. The normalized spacial score (nSPS) is 15.5. The Labute approximate surface area is 200 Å². The molecule has 7 nitrogen and oxygen atoms in total. The van der Waals surface area contributed by atoms with Crippen LogP contribution >= 0.6 is 11.3 Å². The van der Waals surface area contributed by atoms with Crippen LogP contribution in [0.15, 0.2) is 69.6 Å². The fourth-order valence-electron chi connectivity index (χ4n) is 3.84. The molecule has 4 rings (SSSR count). The third kappa shape index (κ3) is 4.63. The second kappa shape index (κ2) is 9.61. The van der Waals surface area contributed by atoms with Crippen LogP contribution < -0.4 is 19.6 Å². The summed E-state index contributed by atoms with van der Waals surface area (Å²) < 4.78 is 12.5. The van der Waals surface area contributed by atoms with E-state index in [-0.39, 0.29) is 12.2 Å². The molecule has 0 unspecified atom stereocenters. The van der Waals surface area contributed by atoms with Gasteiger partial charge < -0.3 is 9.47 Å². The predicted octanol–water partition coefficient (Wildman–Crippen LogP) is 3.03. The quantitative estimate of drug-likeness (QED) is 0.417. The molecule has 1 aliphatic heterocycles. The number of nitrogens with zero attached hydrogens (tertiary/aromatic N) is 2. The summed E-state index contributed by atoms with van der Waals surface area (Å²) in [5.74, 6) is -0.513. The molecule has 34 heavy (non-hydrogen) atoms. The van der Waals surface area contributed by atoms with Gasteiger partial charge in [-0.05, 0) is 50.1 Å². The number of ether oxygens (including phenoxy) is 2. The molecule has 1 aromatic heterocycles.